The molecule has 1 saturated heterocycles. The highest BCUT2D eigenvalue weighted by atomic mass is 16.7. The van der Waals surface area contributed by atoms with E-state index in [-0.39, 0.29) is 0 Å². The average Bonchev–Trinajstić information content (AvgIpc) is 3.10. The van der Waals surface area contributed by atoms with Gasteiger partial charge >= 0.3 is 0 Å². The second-order valence-electron chi connectivity index (χ2n) is 4.74. The number of aromatic amines is 1. The predicted molar refractivity (Wildman–Crippen MR) is 66.9 cm³/mol. The van der Waals surface area contributed by atoms with Crippen LogP contribution in [0.25, 0.3) is 11.5 Å². The maximum atomic E-state index is 5.29. The Bertz CT molecular complexity index is 502. The quantitative estimate of drug-likeness (QED) is 0.895. The molecular formula is C12H17N5O2. The van der Waals surface area contributed by atoms with Crippen LogP contribution >= 0.6 is 0 Å². The van der Waals surface area contributed by atoms with Crippen LogP contribution in [-0.4, -0.2) is 45.6 Å². The molecule has 2 aromatic rings. The third kappa shape index (κ3) is 2.82. The molecule has 19 heavy (non-hydrogen) atoms. The Morgan fingerprint density at radius 3 is 3.00 bits per heavy atom. The van der Waals surface area contributed by atoms with Crippen LogP contribution < -0.4 is 0 Å². The molecule has 0 unspecified atom stereocenters. The van der Waals surface area contributed by atoms with E-state index in [1.165, 1.54) is 0 Å². The minimum atomic E-state index is 0.571. The van der Waals surface area contributed by atoms with E-state index in [1.54, 1.807) is 13.3 Å². The zero-order valence-corrected chi connectivity index (χ0v) is 10.9. The third-order valence-corrected chi connectivity index (χ3v) is 3.50. The van der Waals surface area contributed by atoms with Crippen molar-refractivity contribution < 1.29 is 9.36 Å². The first kappa shape index (κ1) is 12.3. The highest BCUT2D eigenvalue weighted by molar-refractivity contribution is 5.46. The van der Waals surface area contributed by atoms with Crippen LogP contribution in [0.2, 0.25) is 0 Å². The highest BCUT2D eigenvalue weighted by Gasteiger charge is 2.21. The summed E-state index contributed by atoms with van der Waals surface area (Å²) in [6.07, 6.45) is 4.69. The number of hydrogen-bond acceptors (Lipinski definition) is 6. The largest absolute Gasteiger partial charge is 0.339 e. The number of rotatable bonds is 4. The van der Waals surface area contributed by atoms with Gasteiger partial charge in [-0.2, -0.15) is 15.1 Å². The van der Waals surface area contributed by atoms with Crippen LogP contribution in [0.4, 0.5) is 0 Å². The van der Waals surface area contributed by atoms with Crippen LogP contribution in [0.5, 0.6) is 0 Å². The van der Waals surface area contributed by atoms with Crippen molar-refractivity contribution in [3.05, 3.63) is 18.2 Å². The second-order valence-corrected chi connectivity index (χ2v) is 4.74. The molecule has 2 aromatic heterocycles. The van der Waals surface area contributed by atoms with Gasteiger partial charge in [0.15, 0.2) is 0 Å². The van der Waals surface area contributed by atoms with Crippen molar-refractivity contribution in [2.75, 3.05) is 20.2 Å². The van der Waals surface area contributed by atoms with Gasteiger partial charge in [-0.05, 0) is 24.8 Å². The van der Waals surface area contributed by atoms with Gasteiger partial charge in [-0.1, -0.05) is 5.16 Å². The molecule has 1 fully saturated rings. The molecule has 7 heteroatoms. The van der Waals surface area contributed by atoms with Crippen LogP contribution in [-0.2, 0) is 11.3 Å². The molecule has 0 aromatic carbocycles. The van der Waals surface area contributed by atoms with Gasteiger partial charge in [0.2, 0.25) is 11.7 Å². The van der Waals surface area contributed by atoms with E-state index in [9.17, 15) is 0 Å². The van der Waals surface area contributed by atoms with Gasteiger partial charge in [0.25, 0.3) is 0 Å². The molecule has 0 saturated carbocycles. The maximum absolute atomic E-state index is 5.29. The Balaban J connectivity index is 1.59. The lowest BCUT2D eigenvalue weighted by molar-refractivity contribution is -0.148. The molecule has 0 bridgehead atoms. The van der Waals surface area contributed by atoms with Crippen LogP contribution in [0.3, 0.4) is 0 Å². The molecule has 1 N–H and O–H groups in total. The van der Waals surface area contributed by atoms with Crippen LogP contribution in [0, 0.1) is 5.92 Å². The topological polar surface area (TPSA) is 80.1 Å². The minimum Gasteiger partial charge on any atom is -0.339 e. The zero-order chi connectivity index (χ0) is 13.1. The Kier molecular flexibility index (Phi) is 3.56. The third-order valence-electron chi connectivity index (χ3n) is 3.50. The molecule has 1 aliphatic heterocycles. The van der Waals surface area contributed by atoms with Gasteiger partial charge in [-0.25, -0.2) is 0 Å². The molecule has 3 rings (SSSR count). The lowest BCUT2D eigenvalue weighted by Crippen LogP contribution is -2.33. The Morgan fingerprint density at radius 2 is 2.32 bits per heavy atom. The van der Waals surface area contributed by atoms with Gasteiger partial charge < -0.3 is 9.36 Å². The number of hydrogen-bond donors (Lipinski definition) is 1. The molecular weight excluding hydrogens is 246 g/mol. The minimum absolute atomic E-state index is 0.571. The van der Waals surface area contributed by atoms with Crippen molar-refractivity contribution in [3.63, 3.8) is 0 Å². The van der Waals surface area contributed by atoms with E-state index < -0.39 is 0 Å². The number of nitrogens with zero attached hydrogens (tertiary/aromatic N) is 4. The molecule has 3 heterocycles. The van der Waals surface area contributed by atoms with Crippen LogP contribution in [0.1, 0.15) is 18.7 Å². The van der Waals surface area contributed by atoms with Crippen molar-refractivity contribution in [1.29, 1.82) is 0 Å². The molecule has 0 radical (unpaired) electrons. The van der Waals surface area contributed by atoms with Gasteiger partial charge in [-0.3, -0.25) is 5.10 Å². The normalized spacial score (nSPS) is 17.9. The fourth-order valence-electron chi connectivity index (χ4n) is 2.37. The summed E-state index contributed by atoms with van der Waals surface area (Å²) in [4.78, 5) is 9.61. The first-order chi connectivity index (χ1) is 9.35. The van der Waals surface area contributed by atoms with E-state index in [2.05, 4.69) is 20.3 Å². The van der Waals surface area contributed by atoms with Crippen molar-refractivity contribution in [1.82, 2.24) is 25.4 Å². The van der Waals surface area contributed by atoms with Gasteiger partial charge in [0.1, 0.15) is 5.69 Å². The fraction of sp³-hybridized carbons (Fsp3) is 0.583. The van der Waals surface area contributed by atoms with Gasteiger partial charge in [0.05, 0.1) is 7.11 Å². The Hall–Kier alpha value is -1.73. The number of nitrogens with one attached hydrogen (secondary N) is 1. The highest BCUT2D eigenvalue weighted by Crippen LogP contribution is 2.22. The molecule has 0 spiro atoms. The van der Waals surface area contributed by atoms with Crippen molar-refractivity contribution >= 4 is 0 Å². The maximum Gasteiger partial charge on any atom is 0.227 e. The van der Waals surface area contributed by atoms with Gasteiger partial charge in [0, 0.05) is 25.7 Å². The second kappa shape index (κ2) is 5.50. The molecule has 0 amide bonds. The summed E-state index contributed by atoms with van der Waals surface area (Å²) >= 11 is 0. The van der Waals surface area contributed by atoms with Crippen molar-refractivity contribution in [2.45, 2.75) is 19.3 Å². The fourth-order valence-corrected chi connectivity index (χ4v) is 2.37. The van der Waals surface area contributed by atoms with E-state index in [0.717, 1.165) is 38.0 Å². The number of aromatic nitrogens is 4. The number of H-pyrrole nitrogens is 1. The van der Waals surface area contributed by atoms with Crippen molar-refractivity contribution in [2.24, 2.45) is 5.92 Å². The van der Waals surface area contributed by atoms with E-state index >= 15 is 0 Å². The summed E-state index contributed by atoms with van der Waals surface area (Å²) in [5.41, 5.74) is 0.782. The van der Waals surface area contributed by atoms with Crippen molar-refractivity contribution in [3.8, 4) is 11.5 Å². The summed E-state index contributed by atoms with van der Waals surface area (Å²) in [5.74, 6) is 1.85. The smallest absolute Gasteiger partial charge is 0.227 e. The van der Waals surface area contributed by atoms with Crippen LogP contribution in [0.15, 0.2) is 16.8 Å². The summed E-state index contributed by atoms with van der Waals surface area (Å²) in [7, 11) is 1.72. The standard InChI is InChI=1S/C12H17N5O2/c1-18-17-6-3-9(4-7-17)8-11-14-12(16-19-11)10-2-5-13-15-10/h2,5,9H,3-4,6-8H2,1H3,(H,13,15). The first-order valence-corrected chi connectivity index (χ1v) is 6.46. The lowest BCUT2D eigenvalue weighted by atomic mass is 9.94. The summed E-state index contributed by atoms with van der Waals surface area (Å²) in [6.45, 7) is 1.92. The first-order valence-electron chi connectivity index (χ1n) is 6.46. The monoisotopic (exact) mass is 263 g/mol. The zero-order valence-electron chi connectivity index (χ0n) is 10.9. The molecule has 1 aliphatic rings. The van der Waals surface area contributed by atoms with E-state index in [0.29, 0.717) is 17.6 Å². The predicted octanol–water partition coefficient (Wildman–Crippen LogP) is 1.28. The summed E-state index contributed by atoms with van der Waals surface area (Å²) in [6, 6.07) is 1.83. The van der Waals surface area contributed by atoms with E-state index in [4.69, 9.17) is 9.36 Å². The molecule has 102 valence electrons. The summed E-state index contributed by atoms with van der Waals surface area (Å²) < 4.78 is 5.29. The number of hydroxylamine groups is 2. The Labute approximate surface area is 110 Å². The lowest BCUT2D eigenvalue weighted by Gasteiger charge is -2.29. The summed E-state index contributed by atoms with van der Waals surface area (Å²) in [5, 5.41) is 12.7. The molecule has 0 aliphatic carbocycles. The number of piperidine rings is 1. The van der Waals surface area contributed by atoms with E-state index in [1.807, 2.05) is 11.1 Å². The SMILES string of the molecule is CON1CCC(Cc2nc(-c3ccn[nH]3)no2)CC1. The van der Waals surface area contributed by atoms with Gasteiger partial charge in [-0.15, -0.1) is 0 Å². The molecule has 0 atom stereocenters. The Morgan fingerprint density at radius 1 is 1.47 bits per heavy atom. The average molecular weight is 263 g/mol. The molecule has 7 nitrogen and oxygen atoms in total.